The predicted octanol–water partition coefficient (Wildman–Crippen LogP) is 15.2. The molecule has 4 nitrogen and oxygen atoms in total. The van der Waals surface area contributed by atoms with Crippen LogP contribution in [0.1, 0.15) is 71.4 Å². The zero-order valence-electron chi connectivity index (χ0n) is 35.1. The molecule has 0 saturated carbocycles. The first kappa shape index (κ1) is 43.6. The fourth-order valence-electron chi connectivity index (χ4n) is 7.05. The maximum Gasteiger partial charge on any atom is 0.255 e. The fourth-order valence-corrected chi connectivity index (χ4v) is 7.18. The van der Waals surface area contributed by atoms with Crippen LogP contribution in [0.4, 0.5) is 11.4 Å². The zero-order valence-corrected chi connectivity index (χ0v) is 35.8. The number of hydrogen-bond acceptors (Lipinski definition) is 3. The number of amides is 1. The molecular formula is C56H51ClN2O2. The third-order valence-corrected chi connectivity index (χ3v) is 10.5. The Morgan fingerprint density at radius 3 is 1.16 bits per heavy atom. The molecule has 0 aromatic heterocycles. The van der Waals surface area contributed by atoms with Crippen molar-refractivity contribution in [3.05, 3.63) is 229 Å². The summed E-state index contributed by atoms with van der Waals surface area (Å²) >= 11 is 5.16. The van der Waals surface area contributed by atoms with Gasteiger partial charge in [-0.2, -0.15) is 0 Å². The largest absolute Gasteiger partial charge is 0.398 e. The van der Waals surface area contributed by atoms with Gasteiger partial charge in [-0.15, -0.1) is 0 Å². The molecule has 8 aromatic carbocycles. The highest BCUT2D eigenvalue weighted by molar-refractivity contribution is 6.67. The van der Waals surface area contributed by atoms with Crippen molar-refractivity contribution in [2.45, 2.75) is 39.5 Å². The molecule has 0 atom stereocenters. The first-order valence-electron chi connectivity index (χ1n) is 20.5. The first-order valence-corrected chi connectivity index (χ1v) is 20.9. The Hall–Kier alpha value is -7.01. The van der Waals surface area contributed by atoms with Gasteiger partial charge in [-0.25, -0.2) is 0 Å². The lowest BCUT2D eigenvalue weighted by atomic mass is 9.89. The molecule has 0 aliphatic heterocycles. The molecule has 0 unspecified atom stereocenters. The van der Waals surface area contributed by atoms with Crippen molar-refractivity contribution < 1.29 is 9.59 Å². The van der Waals surface area contributed by atoms with Gasteiger partial charge in [0.05, 0.1) is 5.69 Å². The van der Waals surface area contributed by atoms with Crippen molar-refractivity contribution in [3.8, 4) is 44.5 Å². The van der Waals surface area contributed by atoms with Crippen LogP contribution >= 0.6 is 11.6 Å². The van der Waals surface area contributed by atoms with Crippen LogP contribution in [0.25, 0.3) is 44.5 Å². The molecule has 304 valence electrons. The molecule has 1 amide bonds. The Morgan fingerprint density at radius 1 is 0.426 bits per heavy atom. The molecule has 8 rings (SSSR count). The molecule has 0 aliphatic rings. The van der Waals surface area contributed by atoms with Gasteiger partial charge in [0.15, 0.2) is 0 Å². The van der Waals surface area contributed by atoms with E-state index in [1.807, 2.05) is 72.8 Å². The van der Waals surface area contributed by atoms with Crippen molar-refractivity contribution in [1.29, 1.82) is 0 Å². The molecule has 0 radical (unpaired) electrons. The molecule has 0 saturated heterocycles. The van der Waals surface area contributed by atoms with Crippen LogP contribution in [0.5, 0.6) is 0 Å². The van der Waals surface area contributed by atoms with Crippen LogP contribution in [-0.2, 0) is 0 Å². The number of halogens is 1. The number of benzene rings is 8. The van der Waals surface area contributed by atoms with Crippen LogP contribution in [0, 0.1) is 0 Å². The zero-order chi connectivity index (χ0) is 43.1. The fraction of sp³-hybridized carbons (Fsp3) is 0.107. The highest BCUT2D eigenvalue weighted by atomic mass is 35.5. The van der Waals surface area contributed by atoms with Gasteiger partial charge < -0.3 is 11.1 Å². The van der Waals surface area contributed by atoms with Crippen molar-refractivity contribution in [2.24, 2.45) is 0 Å². The second-order valence-corrected chi connectivity index (χ2v) is 15.6. The Bertz CT molecular complexity index is 2630. The van der Waals surface area contributed by atoms with E-state index in [9.17, 15) is 9.59 Å². The van der Waals surface area contributed by atoms with E-state index in [1.165, 1.54) is 22.3 Å². The summed E-state index contributed by atoms with van der Waals surface area (Å²) in [4.78, 5) is 23.4. The minimum absolute atomic E-state index is 0.0952. The highest BCUT2D eigenvalue weighted by Gasteiger charge is 2.19. The van der Waals surface area contributed by atoms with Gasteiger partial charge in [-0.1, -0.05) is 198 Å². The van der Waals surface area contributed by atoms with E-state index in [-0.39, 0.29) is 11.8 Å². The van der Waals surface area contributed by atoms with Crippen molar-refractivity contribution in [2.75, 3.05) is 11.1 Å². The van der Waals surface area contributed by atoms with Crippen LogP contribution < -0.4 is 11.1 Å². The first-order chi connectivity index (χ1) is 29.6. The van der Waals surface area contributed by atoms with E-state index in [0.717, 1.165) is 44.8 Å². The van der Waals surface area contributed by atoms with Gasteiger partial charge in [0, 0.05) is 27.9 Å². The molecule has 8 aromatic rings. The summed E-state index contributed by atoms with van der Waals surface area (Å²) in [7, 11) is 0. The maximum atomic E-state index is 13.0. The Labute approximate surface area is 365 Å². The summed E-state index contributed by atoms with van der Waals surface area (Å²) < 4.78 is 0. The summed E-state index contributed by atoms with van der Waals surface area (Å²) in [6, 6.07) is 68.4. The van der Waals surface area contributed by atoms with Crippen molar-refractivity contribution in [1.82, 2.24) is 0 Å². The molecule has 0 aliphatic carbocycles. The summed E-state index contributed by atoms with van der Waals surface area (Å²) in [6.45, 7) is 8.71. The van der Waals surface area contributed by atoms with Gasteiger partial charge in [-0.05, 0) is 104 Å². The molecule has 0 bridgehead atoms. The lowest BCUT2D eigenvalue weighted by molar-refractivity contribution is 0.102. The topological polar surface area (TPSA) is 72.2 Å². The van der Waals surface area contributed by atoms with Gasteiger partial charge in [0.1, 0.15) is 0 Å². The number of nitrogens with one attached hydrogen (secondary N) is 1. The van der Waals surface area contributed by atoms with Crippen molar-refractivity contribution in [3.63, 3.8) is 0 Å². The third kappa shape index (κ3) is 11.6. The molecule has 0 fully saturated rings. The minimum atomic E-state index is -0.407. The number of carbonyl (C=O) groups is 2. The number of anilines is 2. The number of nitrogen functional groups attached to an aromatic ring is 1. The van der Waals surface area contributed by atoms with Gasteiger partial charge >= 0.3 is 0 Å². The standard InChI is InChI=1S/C28H25NO.C21H21N.C7H5ClO/c1-20(2)25-18-24(21-12-6-3-7-13-21)19-26(22-14-8-4-9-15-22)27(25)29-28(30)23-16-10-5-11-17-23;1-15(2)19-13-18(16-9-5-3-6-10-16)14-20(21(19)22)17-11-7-4-8-12-17;8-7(9)6-4-2-1-3-5-6/h3-20H,1-2H3,(H,29,30);3-15H,22H2,1-2H3;1-5H. The Balaban J connectivity index is 0.000000175. The number of rotatable bonds is 9. The third-order valence-electron chi connectivity index (χ3n) is 10.3. The Kier molecular flexibility index (Phi) is 15.2. The summed E-state index contributed by atoms with van der Waals surface area (Å²) in [5.74, 6) is 0.551. The minimum Gasteiger partial charge on any atom is -0.398 e. The SMILES string of the molecule is CC(C)c1cc(-c2ccccc2)cc(-c2ccccc2)c1N.CC(C)c1cc(-c2ccccc2)cc(-c2ccccc2)c1NC(=O)c1ccccc1.O=C(Cl)c1ccccc1. The number of nitrogens with two attached hydrogens (primary N) is 1. The molecule has 3 N–H and O–H groups in total. The second kappa shape index (κ2) is 21.3. The molecule has 5 heteroatoms. The molecule has 0 heterocycles. The number of carbonyl (C=O) groups excluding carboxylic acids is 2. The predicted molar refractivity (Wildman–Crippen MR) is 258 cm³/mol. The molecule has 0 spiro atoms. The smallest absolute Gasteiger partial charge is 0.255 e. The van der Waals surface area contributed by atoms with E-state index in [1.54, 1.807) is 24.3 Å². The van der Waals surface area contributed by atoms with Gasteiger partial charge in [0.2, 0.25) is 0 Å². The monoisotopic (exact) mass is 818 g/mol. The summed E-state index contributed by atoms with van der Waals surface area (Å²) in [5, 5.41) is 2.81. The maximum absolute atomic E-state index is 13.0. The lowest BCUT2D eigenvalue weighted by Gasteiger charge is -2.21. The van der Waals surface area contributed by atoms with Crippen LogP contribution in [0.15, 0.2) is 206 Å². The summed E-state index contributed by atoms with van der Waals surface area (Å²) in [5.41, 5.74) is 20.9. The highest BCUT2D eigenvalue weighted by Crippen LogP contribution is 2.40. The van der Waals surface area contributed by atoms with E-state index in [2.05, 4.69) is 142 Å². The molecule has 61 heavy (non-hydrogen) atoms. The lowest BCUT2D eigenvalue weighted by Crippen LogP contribution is -2.14. The average Bonchev–Trinajstić information content (AvgIpc) is 3.31. The van der Waals surface area contributed by atoms with Crippen LogP contribution in [-0.4, -0.2) is 11.1 Å². The van der Waals surface area contributed by atoms with E-state index in [0.29, 0.717) is 17.0 Å². The second-order valence-electron chi connectivity index (χ2n) is 15.2. The van der Waals surface area contributed by atoms with E-state index >= 15 is 0 Å². The van der Waals surface area contributed by atoms with Gasteiger partial charge in [0.25, 0.3) is 11.1 Å². The Morgan fingerprint density at radius 2 is 0.770 bits per heavy atom. The number of hydrogen-bond donors (Lipinski definition) is 2. The van der Waals surface area contributed by atoms with Crippen LogP contribution in [0.3, 0.4) is 0 Å². The van der Waals surface area contributed by atoms with E-state index in [4.69, 9.17) is 17.3 Å². The average molecular weight is 819 g/mol. The summed E-state index contributed by atoms with van der Waals surface area (Å²) in [6.07, 6.45) is 0. The van der Waals surface area contributed by atoms with Crippen LogP contribution in [0.2, 0.25) is 0 Å². The van der Waals surface area contributed by atoms with Gasteiger partial charge in [-0.3, -0.25) is 9.59 Å². The normalized spacial score (nSPS) is 10.5. The molecular weight excluding hydrogens is 768 g/mol. The quantitative estimate of drug-likeness (QED) is 0.113. The van der Waals surface area contributed by atoms with Crippen molar-refractivity contribution >= 4 is 34.1 Å². The van der Waals surface area contributed by atoms with E-state index < -0.39 is 5.24 Å².